The Morgan fingerprint density at radius 3 is 0.917 bits per heavy atom. The maximum Gasteiger partial charge on any atom is 0.152 e. The summed E-state index contributed by atoms with van der Waals surface area (Å²) in [5.41, 5.74) is 0. The maximum atomic E-state index is 8.11. The summed E-state index contributed by atoms with van der Waals surface area (Å²) in [4.78, 5) is 16.1. The van der Waals surface area contributed by atoms with E-state index in [1.165, 1.54) is 5.34 Å². The minimum Gasteiger partial charge on any atom is -0.693 e. The van der Waals surface area contributed by atoms with Gasteiger partial charge in [-0.15, -0.1) is 10.2 Å². The Labute approximate surface area is 82.4 Å². The van der Waals surface area contributed by atoms with E-state index in [1.54, 1.807) is 0 Å². The van der Waals surface area contributed by atoms with Crippen molar-refractivity contribution in [2.45, 2.75) is 0 Å². The second-order valence-corrected chi connectivity index (χ2v) is 0.156. The van der Waals surface area contributed by atoms with Gasteiger partial charge in [-0.2, -0.15) is 0 Å². The van der Waals surface area contributed by atoms with Crippen molar-refractivity contribution >= 4 is 0 Å². The summed E-state index contributed by atoms with van der Waals surface area (Å²) in [5, 5.41) is 16.9. The first-order chi connectivity index (χ1) is 2.83. The van der Waals surface area contributed by atoms with Crippen LogP contribution in [0.5, 0.6) is 0 Å². The number of nitrogens with zero attached hydrogens (tertiary/aromatic N) is 2. The molecule has 11 nitrogen and oxygen atoms in total. The zero-order valence-corrected chi connectivity index (χ0v) is 8.18. The molecule has 0 aromatic rings. The summed E-state index contributed by atoms with van der Waals surface area (Å²) >= 11 is 0. The molecule has 0 spiro atoms. The van der Waals surface area contributed by atoms with E-state index < -0.39 is 0 Å². The molecule has 85 valence electrons. The van der Waals surface area contributed by atoms with Crippen molar-refractivity contribution in [1.29, 1.82) is 0 Å². The SMILES string of the molecule is O=NO.O=N[O-].[Ir].[NH2-].[NH2-].[NH2-].[NH2-].[NH2-]. The van der Waals surface area contributed by atoms with Gasteiger partial charge in [0.25, 0.3) is 0 Å². The average Bonchev–Trinajstić information content (AvgIpc) is 1.39. The van der Waals surface area contributed by atoms with Crippen LogP contribution in [0, 0.1) is 15.0 Å². The molecule has 0 atom stereocenters. The molecule has 0 aromatic carbocycles. The van der Waals surface area contributed by atoms with E-state index in [0.29, 0.717) is 0 Å². The van der Waals surface area contributed by atoms with E-state index >= 15 is 0 Å². The van der Waals surface area contributed by atoms with Crippen molar-refractivity contribution in [1.82, 2.24) is 0 Å². The standard InChI is InChI=1S/Ir.2HNO2.5H2N/c;2*2-1-3;;;;;/h;2*(H,2,3);5*1H2/q;;;5*-1/p-1. The molecule has 0 aliphatic heterocycles. The van der Waals surface area contributed by atoms with Gasteiger partial charge in [-0.25, -0.2) is 0 Å². The Kier molecular flexibility index (Phi) is 5240. The van der Waals surface area contributed by atoms with Crippen LogP contribution in [0.25, 0.3) is 30.8 Å². The van der Waals surface area contributed by atoms with Crippen molar-refractivity contribution in [3.63, 3.8) is 0 Å². The molecule has 0 aliphatic rings. The van der Waals surface area contributed by atoms with Gasteiger partial charge in [-0.1, -0.05) is 0 Å². The van der Waals surface area contributed by atoms with Crippen LogP contribution < -0.4 is 0 Å². The molecule has 0 bridgehead atoms. The zero-order valence-electron chi connectivity index (χ0n) is 5.79. The summed E-state index contributed by atoms with van der Waals surface area (Å²) in [6, 6.07) is 0. The third kappa shape index (κ3) is 1120. The van der Waals surface area contributed by atoms with Crippen LogP contribution in [0.4, 0.5) is 0 Å². The number of nitrogens with two attached hydrogens (primary N) is 5. The van der Waals surface area contributed by atoms with Crippen molar-refractivity contribution in [2.75, 3.05) is 0 Å². The zero-order chi connectivity index (χ0) is 5.41. The van der Waals surface area contributed by atoms with Crippen molar-refractivity contribution in [3.05, 3.63) is 45.8 Å². The van der Waals surface area contributed by atoms with Gasteiger partial charge < -0.3 is 46.1 Å². The van der Waals surface area contributed by atoms with Crippen LogP contribution >= 0.6 is 0 Å². The van der Waals surface area contributed by atoms with Crippen LogP contribution in [0.2, 0.25) is 0 Å². The van der Waals surface area contributed by atoms with Gasteiger partial charge >= 0.3 is 0 Å². The van der Waals surface area contributed by atoms with E-state index in [9.17, 15) is 0 Å². The van der Waals surface area contributed by atoms with Crippen molar-refractivity contribution < 1.29 is 25.3 Å². The van der Waals surface area contributed by atoms with Gasteiger partial charge in [-0.3, -0.25) is 0 Å². The Bertz CT molecular complexity index is 36.4. The molecule has 0 saturated carbocycles. The number of hydrogen-bond donors (Lipinski definition) is 1. The van der Waals surface area contributed by atoms with E-state index in [0.717, 1.165) is 5.34 Å². The normalized spacial score (nSPS) is 2.00. The Morgan fingerprint density at radius 2 is 0.917 bits per heavy atom. The molecule has 12 heteroatoms. The molecule has 0 heterocycles. The van der Waals surface area contributed by atoms with Crippen LogP contribution in [0.15, 0.2) is 10.7 Å². The van der Waals surface area contributed by atoms with Gasteiger partial charge in [0.2, 0.25) is 0 Å². The molecular weight excluding hydrogens is 354 g/mol. The number of rotatable bonds is 0. The second-order valence-electron chi connectivity index (χ2n) is 0.156. The largest absolute Gasteiger partial charge is 0.693 e. The fourth-order valence-corrected chi connectivity index (χ4v) is 0. The predicted molar refractivity (Wildman–Crippen MR) is 43.2 cm³/mol. The van der Waals surface area contributed by atoms with Gasteiger partial charge in [0.05, 0.1) is 0 Å². The van der Waals surface area contributed by atoms with Crippen LogP contribution in [-0.4, -0.2) is 5.21 Å². The monoisotopic (exact) mass is 366 g/mol. The maximum absolute atomic E-state index is 8.11. The van der Waals surface area contributed by atoms with E-state index in [1.807, 2.05) is 0 Å². The smallest absolute Gasteiger partial charge is 0.152 e. The fraction of sp³-hybridized carbons (Fsp3) is 0. The third-order valence-corrected chi connectivity index (χ3v) is 0. The first kappa shape index (κ1) is 112. The summed E-state index contributed by atoms with van der Waals surface area (Å²) in [5.74, 6) is 0. The molecule has 0 aromatic heterocycles. The second kappa shape index (κ2) is 562. The van der Waals surface area contributed by atoms with Gasteiger partial charge in [-0.05, 0) is 0 Å². The minimum absolute atomic E-state index is 0. The van der Waals surface area contributed by atoms with E-state index in [4.69, 9.17) is 20.2 Å². The summed E-state index contributed by atoms with van der Waals surface area (Å²) in [6.07, 6.45) is 0. The fourth-order valence-electron chi connectivity index (χ4n) is 0. The average molecular weight is 365 g/mol. The molecule has 0 aliphatic carbocycles. The molecule has 0 fully saturated rings. The molecule has 1 radical (unpaired) electrons. The van der Waals surface area contributed by atoms with Crippen molar-refractivity contribution in [2.24, 2.45) is 10.7 Å². The molecule has 0 amide bonds. The van der Waals surface area contributed by atoms with Gasteiger partial charge in [0, 0.05) is 20.1 Å². The first-order valence-corrected chi connectivity index (χ1v) is 0.748. The Morgan fingerprint density at radius 1 is 0.917 bits per heavy atom. The molecule has 0 unspecified atom stereocenters. The molecular formula is H11IrN7O4-6. The topological polar surface area (TPSA) is 270 Å². The third-order valence-electron chi connectivity index (χ3n) is 0. The van der Waals surface area contributed by atoms with E-state index in [2.05, 4.69) is 0 Å². The van der Waals surface area contributed by atoms with Gasteiger partial charge in [0.1, 0.15) is 0 Å². The molecule has 12 heavy (non-hydrogen) atoms. The van der Waals surface area contributed by atoms with E-state index in [-0.39, 0.29) is 50.9 Å². The van der Waals surface area contributed by atoms with Crippen LogP contribution in [0.1, 0.15) is 0 Å². The Hall–Kier alpha value is -0.751. The number of hydrogen-bond acceptors (Lipinski definition) is 5. The Balaban J connectivity index is -0.00000000296. The summed E-state index contributed by atoms with van der Waals surface area (Å²) < 4.78 is 0. The minimum atomic E-state index is 0. The predicted octanol–water partition coefficient (Wildman–Crippen LogP) is 3.98. The van der Waals surface area contributed by atoms with Crippen molar-refractivity contribution in [3.8, 4) is 0 Å². The first-order valence-electron chi connectivity index (χ1n) is 0.748. The summed E-state index contributed by atoms with van der Waals surface area (Å²) in [7, 11) is 0. The quantitative estimate of drug-likeness (QED) is 0.492. The molecule has 0 rings (SSSR count). The molecule has 0 saturated heterocycles. The van der Waals surface area contributed by atoms with Crippen LogP contribution in [-0.2, 0) is 20.1 Å². The summed E-state index contributed by atoms with van der Waals surface area (Å²) in [6.45, 7) is 0. The van der Waals surface area contributed by atoms with Gasteiger partial charge in [0.15, 0.2) is 5.34 Å². The van der Waals surface area contributed by atoms with Crippen LogP contribution in [0.3, 0.4) is 0 Å². The molecule has 11 N–H and O–H groups in total.